The lowest BCUT2D eigenvalue weighted by atomic mass is 10.0. The van der Waals surface area contributed by atoms with Crippen molar-refractivity contribution in [2.24, 2.45) is 5.84 Å². The SMILES string of the molecule is Cc1ccc(C(Cc2ncnn2C(C)C)NN)cc1Cl. The Kier molecular flexibility index (Phi) is 4.75. The average Bonchev–Trinajstić information content (AvgIpc) is 2.87. The van der Waals surface area contributed by atoms with E-state index < -0.39 is 0 Å². The summed E-state index contributed by atoms with van der Waals surface area (Å²) in [4.78, 5) is 4.31. The molecule has 1 heterocycles. The second kappa shape index (κ2) is 6.35. The minimum absolute atomic E-state index is 0.0465. The molecule has 0 fully saturated rings. The van der Waals surface area contributed by atoms with Crippen LogP contribution in [0.15, 0.2) is 24.5 Å². The number of nitrogens with two attached hydrogens (primary N) is 1. The Morgan fingerprint density at radius 2 is 2.15 bits per heavy atom. The van der Waals surface area contributed by atoms with Crippen LogP contribution in [0.5, 0.6) is 0 Å². The first-order valence-corrected chi connectivity index (χ1v) is 7.01. The summed E-state index contributed by atoms with van der Waals surface area (Å²) >= 11 is 6.18. The van der Waals surface area contributed by atoms with E-state index in [1.165, 1.54) is 0 Å². The van der Waals surface area contributed by atoms with Crippen molar-refractivity contribution in [2.75, 3.05) is 0 Å². The molecular weight excluding hydrogens is 274 g/mol. The lowest BCUT2D eigenvalue weighted by Crippen LogP contribution is -2.30. The minimum Gasteiger partial charge on any atom is -0.271 e. The lowest BCUT2D eigenvalue weighted by molar-refractivity contribution is 0.468. The van der Waals surface area contributed by atoms with Gasteiger partial charge in [0.25, 0.3) is 0 Å². The van der Waals surface area contributed by atoms with Crippen molar-refractivity contribution >= 4 is 11.6 Å². The third-order valence-electron chi connectivity index (χ3n) is 3.32. The molecule has 108 valence electrons. The van der Waals surface area contributed by atoms with Gasteiger partial charge < -0.3 is 0 Å². The maximum atomic E-state index is 6.18. The molecule has 0 bridgehead atoms. The molecular formula is C14H20ClN5. The second-order valence-electron chi connectivity index (χ2n) is 5.15. The van der Waals surface area contributed by atoms with Gasteiger partial charge in [0.15, 0.2) is 0 Å². The average molecular weight is 294 g/mol. The zero-order chi connectivity index (χ0) is 14.7. The van der Waals surface area contributed by atoms with Gasteiger partial charge >= 0.3 is 0 Å². The summed E-state index contributed by atoms with van der Waals surface area (Å²) in [7, 11) is 0. The molecule has 1 aromatic heterocycles. The first-order chi connectivity index (χ1) is 9.52. The summed E-state index contributed by atoms with van der Waals surface area (Å²) in [5.74, 6) is 6.59. The van der Waals surface area contributed by atoms with E-state index in [1.54, 1.807) is 6.33 Å². The van der Waals surface area contributed by atoms with Gasteiger partial charge in [0.2, 0.25) is 0 Å². The fourth-order valence-corrected chi connectivity index (χ4v) is 2.32. The number of hydrogen-bond acceptors (Lipinski definition) is 4. The maximum Gasteiger partial charge on any atom is 0.138 e. The molecule has 0 aliphatic rings. The molecule has 5 nitrogen and oxygen atoms in total. The van der Waals surface area contributed by atoms with Gasteiger partial charge in [-0.25, -0.2) is 9.67 Å². The van der Waals surface area contributed by atoms with E-state index in [0.29, 0.717) is 6.42 Å². The molecule has 0 amide bonds. The van der Waals surface area contributed by atoms with Crippen molar-refractivity contribution in [3.63, 3.8) is 0 Å². The Bertz CT molecular complexity index is 579. The van der Waals surface area contributed by atoms with E-state index in [1.807, 2.05) is 29.8 Å². The predicted octanol–water partition coefficient (Wildman–Crippen LogP) is 2.57. The van der Waals surface area contributed by atoms with Crippen LogP contribution in [0, 0.1) is 6.92 Å². The van der Waals surface area contributed by atoms with Crippen LogP contribution in [0.3, 0.4) is 0 Å². The van der Waals surface area contributed by atoms with Crippen molar-refractivity contribution in [3.05, 3.63) is 46.5 Å². The minimum atomic E-state index is -0.0465. The molecule has 3 N–H and O–H groups in total. The van der Waals surface area contributed by atoms with Crippen molar-refractivity contribution in [1.82, 2.24) is 20.2 Å². The Morgan fingerprint density at radius 3 is 2.75 bits per heavy atom. The van der Waals surface area contributed by atoms with Crippen LogP contribution in [0.25, 0.3) is 0 Å². The molecule has 1 atom stereocenters. The fraction of sp³-hybridized carbons (Fsp3) is 0.429. The van der Waals surface area contributed by atoms with E-state index in [-0.39, 0.29) is 12.1 Å². The fourth-order valence-electron chi connectivity index (χ4n) is 2.13. The van der Waals surface area contributed by atoms with E-state index >= 15 is 0 Å². The number of nitrogens with zero attached hydrogens (tertiary/aromatic N) is 3. The number of benzene rings is 1. The summed E-state index contributed by atoms with van der Waals surface area (Å²) < 4.78 is 1.90. The first kappa shape index (κ1) is 15.0. The predicted molar refractivity (Wildman–Crippen MR) is 80.4 cm³/mol. The monoisotopic (exact) mass is 293 g/mol. The van der Waals surface area contributed by atoms with E-state index in [0.717, 1.165) is 22.0 Å². The topological polar surface area (TPSA) is 68.8 Å². The van der Waals surface area contributed by atoms with E-state index in [9.17, 15) is 0 Å². The Balaban J connectivity index is 2.24. The summed E-state index contributed by atoms with van der Waals surface area (Å²) in [6.07, 6.45) is 2.24. The molecule has 0 aliphatic heterocycles. The summed E-state index contributed by atoms with van der Waals surface area (Å²) in [6, 6.07) is 6.19. The highest BCUT2D eigenvalue weighted by Crippen LogP contribution is 2.23. The number of hydrazine groups is 1. The van der Waals surface area contributed by atoms with Crippen LogP contribution in [-0.2, 0) is 6.42 Å². The van der Waals surface area contributed by atoms with Crippen molar-refractivity contribution in [1.29, 1.82) is 0 Å². The van der Waals surface area contributed by atoms with Gasteiger partial charge in [0.05, 0.1) is 6.04 Å². The van der Waals surface area contributed by atoms with E-state index in [4.69, 9.17) is 17.4 Å². The van der Waals surface area contributed by atoms with Crippen molar-refractivity contribution in [2.45, 2.75) is 39.3 Å². The van der Waals surface area contributed by atoms with Crippen LogP contribution < -0.4 is 11.3 Å². The number of hydrogen-bond donors (Lipinski definition) is 2. The molecule has 2 aromatic rings. The number of halogens is 1. The number of nitrogens with one attached hydrogen (secondary N) is 1. The van der Waals surface area contributed by atoms with Crippen LogP contribution in [0.4, 0.5) is 0 Å². The van der Waals surface area contributed by atoms with Crippen LogP contribution >= 0.6 is 11.6 Å². The Labute approximate surface area is 124 Å². The van der Waals surface area contributed by atoms with Crippen molar-refractivity contribution in [3.8, 4) is 0 Å². The normalized spacial score (nSPS) is 12.9. The number of rotatable bonds is 5. The third kappa shape index (κ3) is 3.17. The van der Waals surface area contributed by atoms with Gasteiger partial charge in [-0.05, 0) is 38.0 Å². The highest BCUT2D eigenvalue weighted by molar-refractivity contribution is 6.31. The maximum absolute atomic E-state index is 6.18. The van der Waals surface area contributed by atoms with Crippen molar-refractivity contribution < 1.29 is 0 Å². The number of aromatic nitrogens is 3. The Morgan fingerprint density at radius 1 is 1.40 bits per heavy atom. The lowest BCUT2D eigenvalue weighted by Gasteiger charge is -2.18. The summed E-state index contributed by atoms with van der Waals surface area (Å²) in [5.41, 5.74) is 4.93. The first-order valence-electron chi connectivity index (χ1n) is 6.63. The second-order valence-corrected chi connectivity index (χ2v) is 5.55. The van der Waals surface area contributed by atoms with Gasteiger partial charge in [0, 0.05) is 17.5 Å². The molecule has 2 rings (SSSR count). The summed E-state index contributed by atoms with van der Waals surface area (Å²) in [6.45, 7) is 6.13. The quantitative estimate of drug-likeness (QED) is 0.657. The zero-order valence-electron chi connectivity index (χ0n) is 12.0. The molecule has 6 heteroatoms. The highest BCUT2D eigenvalue weighted by Gasteiger charge is 2.16. The van der Waals surface area contributed by atoms with Gasteiger partial charge in [-0.2, -0.15) is 5.10 Å². The summed E-state index contributed by atoms with van der Waals surface area (Å²) in [5, 5.41) is 4.98. The van der Waals surface area contributed by atoms with Crippen LogP contribution in [0.2, 0.25) is 5.02 Å². The smallest absolute Gasteiger partial charge is 0.138 e. The Hall–Kier alpha value is -1.43. The molecule has 0 spiro atoms. The van der Waals surface area contributed by atoms with Crippen LogP contribution in [-0.4, -0.2) is 14.8 Å². The van der Waals surface area contributed by atoms with Gasteiger partial charge in [-0.1, -0.05) is 23.7 Å². The van der Waals surface area contributed by atoms with Gasteiger partial charge in [0.1, 0.15) is 12.2 Å². The highest BCUT2D eigenvalue weighted by atomic mass is 35.5. The largest absolute Gasteiger partial charge is 0.271 e. The third-order valence-corrected chi connectivity index (χ3v) is 3.73. The van der Waals surface area contributed by atoms with Crippen LogP contribution in [0.1, 0.15) is 42.9 Å². The van der Waals surface area contributed by atoms with Gasteiger partial charge in [-0.15, -0.1) is 0 Å². The molecule has 0 radical (unpaired) electrons. The molecule has 0 aliphatic carbocycles. The molecule has 20 heavy (non-hydrogen) atoms. The number of aryl methyl sites for hydroxylation is 1. The molecule has 0 saturated heterocycles. The standard InChI is InChI=1S/C14H20ClN5/c1-9(2)20-14(17-8-18-20)7-13(19-16)11-5-4-10(3)12(15)6-11/h4-6,8-9,13,19H,7,16H2,1-3H3. The van der Waals surface area contributed by atoms with E-state index in [2.05, 4.69) is 29.4 Å². The zero-order valence-corrected chi connectivity index (χ0v) is 12.7. The molecule has 0 saturated carbocycles. The van der Waals surface area contributed by atoms with Gasteiger partial charge in [-0.3, -0.25) is 11.3 Å². The molecule has 1 aromatic carbocycles. The molecule has 1 unspecified atom stereocenters.